The third kappa shape index (κ3) is 4.70. The molecule has 0 bridgehead atoms. The summed E-state index contributed by atoms with van der Waals surface area (Å²) in [6.45, 7) is 0.209. The molecule has 0 aliphatic heterocycles. The van der Waals surface area contributed by atoms with Crippen molar-refractivity contribution in [2.24, 2.45) is 0 Å². The van der Waals surface area contributed by atoms with E-state index < -0.39 is 0 Å². The minimum Gasteiger partial charge on any atom is -0.496 e. The second-order valence-corrected chi connectivity index (χ2v) is 6.45. The first kappa shape index (κ1) is 20.3. The third-order valence-corrected chi connectivity index (χ3v) is 4.52. The Morgan fingerprint density at radius 3 is 2.10 bits per heavy atom. The topological polar surface area (TPSA) is 55.8 Å². The molecule has 3 aromatic carbocycles. The molecule has 29 heavy (non-hydrogen) atoms. The van der Waals surface area contributed by atoms with E-state index >= 15 is 0 Å². The van der Waals surface area contributed by atoms with Crippen LogP contribution in [0.5, 0.6) is 5.75 Å². The van der Waals surface area contributed by atoms with E-state index in [0.717, 1.165) is 5.56 Å². The van der Waals surface area contributed by atoms with E-state index in [1.54, 1.807) is 35.2 Å². The molecule has 0 saturated heterocycles. The number of amides is 1. The summed E-state index contributed by atoms with van der Waals surface area (Å²) < 4.78 is 10.5. The molecule has 0 radical (unpaired) electrons. The quantitative estimate of drug-likeness (QED) is 0.537. The average Bonchev–Trinajstić information content (AvgIpc) is 2.78. The van der Waals surface area contributed by atoms with Crippen LogP contribution in [0.3, 0.4) is 0 Å². The fourth-order valence-electron chi connectivity index (χ4n) is 3.17. The smallest absolute Gasteiger partial charge is 0.258 e. The number of anilines is 1. The first-order chi connectivity index (χ1) is 14.2. The summed E-state index contributed by atoms with van der Waals surface area (Å²) in [7, 11) is 2.97. The van der Waals surface area contributed by atoms with E-state index in [1.807, 2.05) is 48.5 Å². The molecule has 148 valence electrons. The summed E-state index contributed by atoms with van der Waals surface area (Å²) in [5, 5.41) is 0. The number of benzene rings is 3. The molecule has 5 heteroatoms. The molecule has 0 aliphatic rings. The van der Waals surface area contributed by atoms with Gasteiger partial charge in [-0.3, -0.25) is 9.59 Å². The van der Waals surface area contributed by atoms with Gasteiger partial charge in [-0.1, -0.05) is 54.6 Å². The van der Waals surface area contributed by atoms with E-state index in [4.69, 9.17) is 9.47 Å². The molecule has 1 amide bonds. The molecular weight excluding hydrogens is 366 g/mol. The van der Waals surface area contributed by atoms with Crippen LogP contribution in [0.15, 0.2) is 78.9 Å². The second-order valence-electron chi connectivity index (χ2n) is 6.45. The number of ether oxygens (including phenoxy) is 2. The molecule has 0 atom stereocenters. The maximum absolute atomic E-state index is 13.4. The number of Topliss-reactive ketones (excluding diaryl/α,β-unsaturated/α-hetero) is 1. The summed E-state index contributed by atoms with van der Waals surface area (Å²) >= 11 is 0. The Kier molecular flexibility index (Phi) is 6.76. The van der Waals surface area contributed by atoms with Crippen molar-refractivity contribution >= 4 is 17.4 Å². The van der Waals surface area contributed by atoms with Crippen LogP contribution < -0.4 is 9.64 Å². The van der Waals surface area contributed by atoms with Gasteiger partial charge in [0.2, 0.25) is 0 Å². The molecule has 3 rings (SSSR count). The zero-order valence-corrected chi connectivity index (χ0v) is 16.5. The van der Waals surface area contributed by atoms with Crippen LogP contribution in [0, 0.1) is 0 Å². The Morgan fingerprint density at radius 1 is 0.828 bits per heavy atom. The maximum Gasteiger partial charge on any atom is 0.258 e. The fraction of sp³-hybridized carbons (Fsp3) is 0.167. The minimum atomic E-state index is -0.251. The highest BCUT2D eigenvalue weighted by atomic mass is 16.5. The van der Waals surface area contributed by atoms with E-state index in [0.29, 0.717) is 29.1 Å². The Balaban J connectivity index is 2.13. The number of carbonyl (C=O) groups is 2. The maximum atomic E-state index is 13.4. The van der Waals surface area contributed by atoms with Crippen molar-refractivity contribution in [2.45, 2.75) is 6.54 Å². The van der Waals surface area contributed by atoms with Gasteiger partial charge in [-0.25, -0.2) is 0 Å². The van der Waals surface area contributed by atoms with Gasteiger partial charge in [0, 0.05) is 12.7 Å². The highest BCUT2D eigenvalue weighted by Crippen LogP contribution is 2.32. The van der Waals surface area contributed by atoms with Gasteiger partial charge < -0.3 is 14.4 Å². The van der Waals surface area contributed by atoms with Crippen molar-refractivity contribution in [3.05, 3.63) is 95.6 Å². The van der Waals surface area contributed by atoms with E-state index in [9.17, 15) is 9.59 Å². The van der Waals surface area contributed by atoms with E-state index in [-0.39, 0.29) is 18.3 Å². The van der Waals surface area contributed by atoms with Gasteiger partial charge in [0.25, 0.3) is 5.91 Å². The van der Waals surface area contributed by atoms with Crippen molar-refractivity contribution in [3.8, 4) is 5.75 Å². The van der Waals surface area contributed by atoms with Crippen LogP contribution >= 0.6 is 0 Å². The van der Waals surface area contributed by atoms with Crippen molar-refractivity contribution in [2.75, 3.05) is 25.7 Å². The molecule has 0 saturated carbocycles. The normalized spacial score (nSPS) is 10.4. The van der Waals surface area contributed by atoms with E-state index in [2.05, 4.69) is 0 Å². The van der Waals surface area contributed by atoms with Crippen molar-refractivity contribution in [1.82, 2.24) is 0 Å². The number of rotatable bonds is 8. The van der Waals surface area contributed by atoms with Gasteiger partial charge in [-0.05, 0) is 29.8 Å². The van der Waals surface area contributed by atoms with E-state index in [1.165, 1.54) is 14.2 Å². The first-order valence-corrected chi connectivity index (χ1v) is 9.25. The lowest BCUT2D eigenvalue weighted by molar-refractivity contribution is 0.0845. The summed E-state index contributed by atoms with van der Waals surface area (Å²) in [4.78, 5) is 27.9. The average molecular weight is 389 g/mol. The van der Waals surface area contributed by atoms with Crippen LogP contribution in [0.25, 0.3) is 0 Å². The molecule has 0 unspecified atom stereocenters. The summed E-state index contributed by atoms with van der Waals surface area (Å²) in [6, 6.07) is 23.9. The zero-order valence-electron chi connectivity index (χ0n) is 16.5. The van der Waals surface area contributed by atoms with Gasteiger partial charge in [-0.2, -0.15) is 0 Å². The molecule has 0 spiro atoms. The molecule has 0 aromatic heterocycles. The van der Waals surface area contributed by atoms with Crippen molar-refractivity contribution < 1.29 is 19.1 Å². The molecule has 0 heterocycles. The lowest BCUT2D eigenvalue weighted by atomic mass is 10.0. The monoisotopic (exact) mass is 389 g/mol. The van der Waals surface area contributed by atoms with Crippen LogP contribution in [0.1, 0.15) is 26.3 Å². The number of hydrogen-bond acceptors (Lipinski definition) is 4. The predicted octanol–water partition coefficient (Wildman–Crippen LogP) is 4.37. The number of ketones is 1. The molecule has 0 N–H and O–H groups in total. The third-order valence-electron chi connectivity index (χ3n) is 4.52. The fourth-order valence-corrected chi connectivity index (χ4v) is 3.17. The molecule has 5 nitrogen and oxygen atoms in total. The number of methoxy groups -OCH3 is 2. The molecule has 0 fully saturated rings. The van der Waals surface area contributed by atoms with Gasteiger partial charge in [0.1, 0.15) is 12.4 Å². The van der Waals surface area contributed by atoms with Crippen LogP contribution in [-0.4, -0.2) is 32.5 Å². The minimum absolute atomic E-state index is 0.105. The number of carbonyl (C=O) groups excluding carboxylic acids is 2. The largest absolute Gasteiger partial charge is 0.496 e. The lowest BCUT2D eigenvalue weighted by Gasteiger charge is -2.26. The summed E-state index contributed by atoms with van der Waals surface area (Å²) in [6.07, 6.45) is 0. The summed E-state index contributed by atoms with van der Waals surface area (Å²) in [5.74, 6) is -0.0449. The van der Waals surface area contributed by atoms with Crippen LogP contribution in [0.4, 0.5) is 5.69 Å². The number of nitrogens with zero attached hydrogens (tertiary/aromatic N) is 1. The summed E-state index contributed by atoms with van der Waals surface area (Å²) in [5.41, 5.74) is 2.31. The Hall–Kier alpha value is -3.44. The second kappa shape index (κ2) is 9.66. The van der Waals surface area contributed by atoms with Crippen molar-refractivity contribution in [1.29, 1.82) is 0 Å². The van der Waals surface area contributed by atoms with Gasteiger partial charge in [-0.15, -0.1) is 0 Å². The SMILES string of the molecule is COCC(=O)c1c(OC)cccc1N(Cc1ccccc1)C(=O)c1ccccc1. The van der Waals surface area contributed by atoms with Gasteiger partial charge >= 0.3 is 0 Å². The van der Waals surface area contributed by atoms with Crippen LogP contribution in [0.2, 0.25) is 0 Å². The Bertz CT molecular complexity index is 971. The standard InChI is InChI=1S/C24H23NO4/c1-28-17-21(26)23-20(14-9-15-22(23)29-2)25(16-18-10-5-3-6-11-18)24(27)19-12-7-4-8-13-19/h3-15H,16-17H2,1-2H3. The van der Waals surface area contributed by atoms with Gasteiger partial charge in [0.05, 0.1) is 24.9 Å². The van der Waals surface area contributed by atoms with Crippen LogP contribution in [-0.2, 0) is 11.3 Å². The predicted molar refractivity (Wildman–Crippen MR) is 113 cm³/mol. The Labute approximate surface area is 170 Å². The molecule has 3 aromatic rings. The number of hydrogen-bond donors (Lipinski definition) is 0. The first-order valence-electron chi connectivity index (χ1n) is 9.25. The lowest BCUT2D eigenvalue weighted by Crippen LogP contribution is -2.32. The molecule has 0 aliphatic carbocycles. The molecular formula is C24H23NO4. The van der Waals surface area contributed by atoms with Crippen molar-refractivity contribution in [3.63, 3.8) is 0 Å². The Morgan fingerprint density at radius 2 is 1.48 bits per heavy atom. The highest BCUT2D eigenvalue weighted by Gasteiger charge is 2.26. The van der Waals surface area contributed by atoms with Gasteiger partial charge in [0.15, 0.2) is 5.78 Å². The zero-order chi connectivity index (χ0) is 20.6. The highest BCUT2D eigenvalue weighted by molar-refractivity contribution is 6.12.